The number of amides is 1. The normalized spacial score (nSPS) is 21.5. The summed E-state index contributed by atoms with van der Waals surface area (Å²) >= 11 is 0. The van der Waals surface area contributed by atoms with Gasteiger partial charge < -0.3 is 54.3 Å². The van der Waals surface area contributed by atoms with Crippen molar-refractivity contribution in [1.29, 1.82) is 0 Å². The van der Waals surface area contributed by atoms with Crippen molar-refractivity contribution in [3.63, 3.8) is 0 Å². The molecule has 2 aromatic carbocycles. The highest BCUT2D eigenvalue weighted by Crippen LogP contribution is 2.59. The summed E-state index contributed by atoms with van der Waals surface area (Å²) in [5.74, 6) is 1.65. The summed E-state index contributed by atoms with van der Waals surface area (Å²) in [6.07, 6.45) is 4.84. The minimum absolute atomic E-state index is 0.00920. The van der Waals surface area contributed by atoms with E-state index in [0.717, 1.165) is 42.6 Å². The first-order valence-electron chi connectivity index (χ1n) is 22.7. The largest absolute Gasteiger partial charge is 0.496 e. The lowest BCUT2D eigenvalue weighted by molar-refractivity contribution is -0.180. The Balaban J connectivity index is 1.14. The second-order valence-electron chi connectivity index (χ2n) is 18.2. The Bertz CT molecular complexity index is 1890. The fourth-order valence-electron chi connectivity index (χ4n) is 9.74. The maximum absolute atomic E-state index is 14.8. The van der Waals surface area contributed by atoms with Gasteiger partial charge in [-0.2, -0.15) is 5.10 Å². The number of esters is 1. The summed E-state index contributed by atoms with van der Waals surface area (Å²) < 4.78 is 47.4. The minimum atomic E-state index is -1.12. The van der Waals surface area contributed by atoms with E-state index in [1.165, 1.54) is 6.42 Å². The standard InChI is InChI=1S/C48H71N5O10/c1-32(2)38-30-37(50-14-16-59-18-20-61-22-24-62-23-21-60-19-17-58-15-13-49)11-12-40(38)53-41(44-42(56-6)9-8-10-43(44)57-7)31-39(52-53)45(54)51-48(46(55)63-47(3,4)5)35-26-33-25-34(28-35)29-36(48)27-33/h8-12,30-36,50H,13-29,49H2,1-7H3,(H,51,54). The van der Waals surface area contributed by atoms with Crippen LogP contribution in [0.25, 0.3) is 16.9 Å². The van der Waals surface area contributed by atoms with Crippen LogP contribution in [0.4, 0.5) is 5.69 Å². The van der Waals surface area contributed by atoms with Gasteiger partial charge in [0, 0.05) is 18.8 Å². The molecular weight excluding hydrogens is 807 g/mol. The number of rotatable bonds is 26. The van der Waals surface area contributed by atoms with E-state index in [9.17, 15) is 9.59 Å². The summed E-state index contributed by atoms with van der Waals surface area (Å²) in [6, 6.07) is 13.5. The van der Waals surface area contributed by atoms with Crippen molar-refractivity contribution in [2.24, 2.45) is 29.4 Å². The second kappa shape index (κ2) is 22.6. The van der Waals surface area contributed by atoms with Gasteiger partial charge in [0.1, 0.15) is 22.6 Å². The van der Waals surface area contributed by atoms with Crippen LogP contribution in [0.2, 0.25) is 0 Å². The zero-order valence-electron chi connectivity index (χ0n) is 38.5. The van der Waals surface area contributed by atoms with E-state index >= 15 is 0 Å². The number of carbonyl (C=O) groups excluding carboxylic acids is 2. The zero-order chi connectivity index (χ0) is 45.0. The van der Waals surface area contributed by atoms with Gasteiger partial charge in [-0.25, -0.2) is 9.48 Å². The van der Waals surface area contributed by atoms with Gasteiger partial charge in [0.25, 0.3) is 5.91 Å². The SMILES string of the molecule is COc1cccc(OC)c1-c1cc(C(=O)NC2(C(=O)OC(C)(C)C)C3CC4CC(C3)CC2C4)nn1-c1ccc(NCCOCCOCCOCCOCCOCCN)cc1C(C)C. The lowest BCUT2D eigenvalue weighted by atomic mass is 9.48. The molecule has 0 unspecified atom stereocenters. The van der Waals surface area contributed by atoms with Crippen LogP contribution >= 0.6 is 0 Å². The predicted octanol–water partition coefficient (Wildman–Crippen LogP) is 6.40. The number of nitrogens with one attached hydrogen (secondary N) is 2. The maximum Gasteiger partial charge on any atom is 0.332 e. The molecule has 4 fully saturated rings. The Kier molecular flexibility index (Phi) is 17.3. The number of nitrogens with two attached hydrogens (primary N) is 1. The van der Waals surface area contributed by atoms with Crippen molar-refractivity contribution in [3.8, 4) is 28.4 Å². The highest BCUT2D eigenvalue weighted by Gasteiger charge is 2.63. The van der Waals surface area contributed by atoms with Crippen LogP contribution in [0.15, 0.2) is 42.5 Å². The van der Waals surface area contributed by atoms with Gasteiger partial charge in [-0.3, -0.25) is 4.79 Å². The number of hydrogen-bond donors (Lipinski definition) is 3. The van der Waals surface area contributed by atoms with Crippen LogP contribution < -0.4 is 25.8 Å². The number of benzene rings is 2. The smallest absolute Gasteiger partial charge is 0.332 e. The van der Waals surface area contributed by atoms with Crippen LogP contribution in [-0.2, 0) is 33.2 Å². The third-order valence-corrected chi connectivity index (χ3v) is 12.3. The molecule has 0 aliphatic heterocycles. The molecule has 4 aliphatic carbocycles. The number of hydrogen-bond acceptors (Lipinski definition) is 13. The number of carbonyl (C=O) groups is 2. The molecule has 0 radical (unpaired) electrons. The second-order valence-corrected chi connectivity index (χ2v) is 18.2. The van der Waals surface area contributed by atoms with E-state index in [2.05, 4.69) is 30.5 Å². The number of methoxy groups -OCH3 is 2. The van der Waals surface area contributed by atoms with E-state index in [1.54, 1.807) is 25.0 Å². The molecule has 348 valence electrons. The van der Waals surface area contributed by atoms with E-state index in [0.29, 0.717) is 114 Å². The third-order valence-electron chi connectivity index (χ3n) is 12.3. The minimum Gasteiger partial charge on any atom is -0.496 e. The summed E-state index contributed by atoms with van der Waals surface area (Å²) in [5, 5.41) is 11.9. The molecule has 1 amide bonds. The summed E-state index contributed by atoms with van der Waals surface area (Å²) in [5.41, 5.74) is 7.75. The Morgan fingerprint density at radius 2 is 1.32 bits per heavy atom. The van der Waals surface area contributed by atoms with Gasteiger partial charge in [0.2, 0.25) is 0 Å². The monoisotopic (exact) mass is 878 g/mol. The molecule has 0 saturated heterocycles. The molecule has 1 aromatic heterocycles. The molecule has 63 heavy (non-hydrogen) atoms. The van der Waals surface area contributed by atoms with Crippen LogP contribution in [0.3, 0.4) is 0 Å². The van der Waals surface area contributed by atoms with Gasteiger partial charge in [0.05, 0.1) is 97.2 Å². The van der Waals surface area contributed by atoms with Crippen molar-refractivity contribution in [2.75, 3.05) is 98.7 Å². The molecule has 0 atom stereocenters. The summed E-state index contributed by atoms with van der Waals surface area (Å²) in [4.78, 5) is 29.1. The molecule has 3 aromatic rings. The topological polar surface area (TPSA) is 176 Å². The van der Waals surface area contributed by atoms with Crippen LogP contribution in [0, 0.1) is 23.7 Å². The predicted molar refractivity (Wildman–Crippen MR) is 241 cm³/mol. The average molecular weight is 878 g/mol. The number of nitrogens with zero attached hydrogens (tertiary/aromatic N) is 2. The quantitative estimate of drug-likeness (QED) is 0.0598. The van der Waals surface area contributed by atoms with Gasteiger partial charge in [-0.05, 0) is 124 Å². The van der Waals surface area contributed by atoms with E-state index in [4.69, 9.17) is 48.7 Å². The van der Waals surface area contributed by atoms with E-state index in [1.807, 2.05) is 51.1 Å². The average Bonchev–Trinajstić information content (AvgIpc) is 3.70. The van der Waals surface area contributed by atoms with Crippen molar-refractivity contribution in [3.05, 3.63) is 53.7 Å². The first-order chi connectivity index (χ1) is 30.4. The molecular formula is C48H71N5O10. The number of ether oxygens (including phenoxy) is 8. The van der Waals surface area contributed by atoms with Crippen molar-refractivity contribution >= 4 is 17.6 Å². The Morgan fingerprint density at radius 1 is 0.778 bits per heavy atom. The first-order valence-corrected chi connectivity index (χ1v) is 22.7. The molecule has 4 bridgehead atoms. The van der Waals surface area contributed by atoms with Crippen LogP contribution in [-0.4, -0.2) is 126 Å². The third kappa shape index (κ3) is 12.1. The summed E-state index contributed by atoms with van der Waals surface area (Å²) in [6.45, 7) is 16.0. The molecule has 0 spiro atoms. The molecule has 1 heterocycles. The molecule has 4 aliphatic rings. The Labute approximate surface area is 373 Å². The Hall–Kier alpha value is -4.25. The fourth-order valence-corrected chi connectivity index (χ4v) is 9.74. The molecule has 7 rings (SSSR count). The van der Waals surface area contributed by atoms with Crippen LogP contribution in [0.1, 0.15) is 88.7 Å². The number of anilines is 1. The van der Waals surface area contributed by atoms with E-state index < -0.39 is 17.0 Å². The van der Waals surface area contributed by atoms with Crippen LogP contribution in [0.5, 0.6) is 11.5 Å². The van der Waals surface area contributed by atoms with E-state index in [-0.39, 0.29) is 29.4 Å². The van der Waals surface area contributed by atoms with Crippen molar-refractivity contribution in [2.45, 2.75) is 83.8 Å². The van der Waals surface area contributed by atoms with Crippen molar-refractivity contribution < 1.29 is 47.5 Å². The maximum atomic E-state index is 14.8. The molecule has 4 N–H and O–H groups in total. The van der Waals surface area contributed by atoms with Gasteiger partial charge >= 0.3 is 5.97 Å². The fraction of sp³-hybridized carbons (Fsp3) is 0.646. The highest BCUT2D eigenvalue weighted by molar-refractivity contribution is 5.98. The first kappa shape index (κ1) is 48.2. The molecule has 4 saturated carbocycles. The lowest BCUT2D eigenvalue weighted by Crippen LogP contribution is -2.71. The van der Waals surface area contributed by atoms with Gasteiger partial charge in [-0.15, -0.1) is 0 Å². The van der Waals surface area contributed by atoms with Crippen molar-refractivity contribution in [1.82, 2.24) is 15.1 Å². The lowest BCUT2D eigenvalue weighted by Gasteiger charge is -2.59. The molecule has 15 heteroatoms. The number of aromatic nitrogens is 2. The Morgan fingerprint density at radius 3 is 1.83 bits per heavy atom. The van der Waals surface area contributed by atoms with Gasteiger partial charge in [0.15, 0.2) is 5.69 Å². The zero-order valence-corrected chi connectivity index (χ0v) is 38.5. The summed E-state index contributed by atoms with van der Waals surface area (Å²) in [7, 11) is 3.22. The molecule has 15 nitrogen and oxygen atoms in total. The highest BCUT2D eigenvalue weighted by atomic mass is 16.6. The van der Waals surface area contributed by atoms with Gasteiger partial charge in [-0.1, -0.05) is 19.9 Å².